The summed E-state index contributed by atoms with van der Waals surface area (Å²) < 4.78 is 0. The van der Waals surface area contributed by atoms with Gasteiger partial charge < -0.3 is 5.32 Å². The van der Waals surface area contributed by atoms with Gasteiger partial charge in [0.25, 0.3) is 0 Å². The standard InChI is InChI=1S/C16H26N2/c1-4-6-16(18-11-9-17-10-12-18)15-8-5-7-13(2)14(15)3/h5,7-8,16-17H,4,6,9-12H2,1-3H3/t16-/m1/s1. The van der Waals surface area contributed by atoms with Gasteiger partial charge in [0.05, 0.1) is 0 Å². The van der Waals surface area contributed by atoms with Crippen molar-refractivity contribution in [2.24, 2.45) is 0 Å². The van der Waals surface area contributed by atoms with Crippen LogP contribution in [-0.4, -0.2) is 31.1 Å². The van der Waals surface area contributed by atoms with E-state index in [1.54, 1.807) is 5.56 Å². The second kappa shape index (κ2) is 6.35. The van der Waals surface area contributed by atoms with Crippen molar-refractivity contribution < 1.29 is 0 Å². The molecule has 1 aliphatic heterocycles. The number of benzene rings is 1. The predicted molar refractivity (Wildman–Crippen MR) is 78.0 cm³/mol. The van der Waals surface area contributed by atoms with Crippen molar-refractivity contribution in [3.63, 3.8) is 0 Å². The highest BCUT2D eigenvalue weighted by Gasteiger charge is 2.22. The molecule has 1 aliphatic rings. The molecule has 0 saturated carbocycles. The lowest BCUT2D eigenvalue weighted by Crippen LogP contribution is -2.45. The van der Waals surface area contributed by atoms with Gasteiger partial charge in [0.15, 0.2) is 0 Å². The Labute approximate surface area is 111 Å². The average molecular weight is 246 g/mol. The number of nitrogens with zero attached hydrogens (tertiary/aromatic N) is 1. The average Bonchev–Trinajstić information content (AvgIpc) is 2.41. The molecule has 1 N–H and O–H groups in total. The van der Waals surface area contributed by atoms with Gasteiger partial charge in [-0.1, -0.05) is 31.5 Å². The summed E-state index contributed by atoms with van der Waals surface area (Å²) >= 11 is 0. The fourth-order valence-corrected chi connectivity index (χ4v) is 2.94. The summed E-state index contributed by atoms with van der Waals surface area (Å²) in [5, 5.41) is 3.45. The molecule has 100 valence electrons. The summed E-state index contributed by atoms with van der Waals surface area (Å²) in [7, 11) is 0. The molecule has 0 radical (unpaired) electrons. The third-order valence-corrected chi connectivity index (χ3v) is 4.16. The van der Waals surface area contributed by atoms with Crippen LogP contribution in [0.3, 0.4) is 0 Å². The molecule has 2 rings (SSSR count). The summed E-state index contributed by atoms with van der Waals surface area (Å²) in [5.41, 5.74) is 4.44. The van der Waals surface area contributed by atoms with Crippen LogP contribution in [0.1, 0.15) is 42.5 Å². The van der Waals surface area contributed by atoms with E-state index < -0.39 is 0 Å². The van der Waals surface area contributed by atoms with E-state index in [1.807, 2.05) is 0 Å². The summed E-state index contributed by atoms with van der Waals surface area (Å²) in [4.78, 5) is 2.65. The molecule has 1 aromatic rings. The van der Waals surface area contributed by atoms with Gasteiger partial charge in [-0.05, 0) is 37.0 Å². The van der Waals surface area contributed by atoms with Crippen LogP contribution in [0.4, 0.5) is 0 Å². The predicted octanol–water partition coefficient (Wildman–Crippen LogP) is 3.05. The highest BCUT2D eigenvalue weighted by atomic mass is 15.2. The molecule has 0 bridgehead atoms. The van der Waals surface area contributed by atoms with Gasteiger partial charge in [0, 0.05) is 32.2 Å². The lowest BCUT2D eigenvalue weighted by molar-refractivity contribution is 0.164. The number of hydrogen-bond acceptors (Lipinski definition) is 2. The Morgan fingerprint density at radius 1 is 1.22 bits per heavy atom. The quantitative estimate of drug-likeness (QED) is 0.878. The highest BCUT2D eigenvalue weighted by molar-refractivity contribution is 5.35. The molecule has 0 amide bonds. The van der Waals surface area contributed by atoms with E-state index in [1.165, 1.54) is 37.1 Å². The van der Waals surface area contributed by atoms with Gasteiger partial charge >= 0.3 is 0 Å². The van der Waals surface area contributed by atoms with Crippen LogP contribution < -0.4 is 5.32 Å². The lowest BCUT2D eigenvalue weighted by atomic mass is 9.93. The van der Waals surface area contributed by atoms with Crippen LogP contribution in [0.5, 0.6) is 0 Å². The molecular weight excluding hydrogens is 220 g/mol. The van der Waals surface area contributed by atoms with Gasteiger partial charge in [0.2, 0.25) is 0 Å². The van der Waals surface area contributed by atoms with Crippen molar-refractivity contribution in [3.05, 3.63) is 34.9 Å². The molecular formula is C16H26N2. The zero-order valence-corrected chi connectivity index (χ0v) is 12.0. The summed E-state index contributed by atoms with van der Waals surface area (Å²) in [6.45, 7) is 11.4. The topological polar surface area (TPSA) is 15.3 Å². The number of piperazine rings is 1. The third-order valence-electron chi connectivity index (χ3n) is 4.16. The van der Waals surface area contributed by atoms with Crippen molar-refractivity contribution in [1.29, 1.82) is 0 Å². The minimum absolute atomic E-state index is 0.608. The first kappa shape index (κ1) is 13.6. The zero-order valence-electron chi connectivity index (χ0n) is 12.0. The Kier molecular flexibility index (Phi) is 4.79. The van der Waals surface area contributed by atoms with Crippen LogP contribution in [0, 0.1) is 13.8 Å². The molecule has 0 unspecified atom stereocenters. The molecule has 1 aromatic carbocycles. The Morgan fingerprint density at radius 3 is 2.61 bits per heavy atom. The van der Waals surface area contributed by atoms with Gasteiger partial charge in [-0.3, -0.25) is 4.90 Å². The molecule has 1 atom stereocenters. The van der Waals surface area contributed by atoms with Crippen LogP contribution >= 0.6 is 0 Å². The van der Waals surface area contributed by atoms with Crippen LogP contribution in [0.15, 0.2) is 18.2 Å². The third kappa shape index (κ3) is 2.93. The van der Waals surface area contributed by atoms with Crippen LogP contribution in [0.2, 0.25) is 0 Å². The second-order valence-corrected chi connectivity index (χ2v) is 5.38. The maximum atomic E-state index is 3.45. The van der Waals surface area contributed by atoms with Crippen molar-refractivity contribution in [2.75, 3.05) is 26.2 Å². The molecule has 1 fully saturated rings. The van der Waals surface area contributed by atoms with E-state index in [0.29, 0.717) is 6.04 Å². The van der Waals surface area contributed by atoms with E-state index >= 15 is 0 Å². The fraction of sp³-hybridized carbons (Fsp3) is 0.625. The first-order valence-corrected chi connectivity index (χ1v) is 7.25. The molecule has 2 nitrogen and oxygen atoms in total. The number of hydrogen-bond donors (Lipinski definition) is 1. The first-order chi connectivity index (χ1) is 8.74. The smallest absolute Gasteiger partial charge is 0.0351 e. The molecule has 0 aromatic heterocycles. The summed E-state index contributed by atoms with van der Waals surface area (Å²) in [6, 6.07) is 7.37. The van der Waals surface area contributed by atoms with Gasteiger partial charge in [-0.25, -0.2) is 0 Å². The van der Waals surface area contributed by atoms with E-state index in [2.05, 4.69) is 49.2 Å². The largest absolute Gasteiger partial charge is 0.314 e. The van der Waals surface area contributed by atoms with Crippen LogP contribution in [0.25, 0.3) is 0 Å². The van der Waals surface area contributed by atoms with E-state index in [4.69, 9.17) is 0 Å². The molecule has 2 heteroatoms. The lowest BCUT2D eigenvalue weighted by Gasteiger charge is -2.36. The number of nitrogens with one attached hydrogen (secondary N) is 1. The Bertz CT molecular complexity index is 381. The number of aryl methyl sites for hydroxylation is 1. The molecule has 1 saturated heterocycles. The van der Waals surface area contributed by atoms with Gasteiger partial charge in [0.1, 0.15) is 0 Å². The fourth-order valence-electron chi connectivity index (χ4n) is 2.94. The molecule has 1 heterocycles. The van der Waals surface area contributed by atoms with Gasteiger partial charge in [-0.2, -0.15) is 0 Å². The van der Waals surface area contributed by atoms with Gasteiger partial charge in [-0.15, -0.1) is 0 Å². The van der Waals surface area contributed by atoms with Crippen molar-refractivity contribution in [2.45, 2.75) is 39.7 Å². The SMILES string of the molecule is CCC[C@H](c1cccc(C)c1C)N1CCNCC1. The molecule has 0 aliphatic carbocycles. The maximum Gasteiger partial charge on any atom is 0.0351 e. The van der Waals surface area contributed by atoms with Crippen LogP contribution in [-0.2, 0) is 0 Å². The molecule has 18 heavy (non-hydrogen) atoms. The minimum atomic E-state index is 0.608. The van der Waals surface area contributed by atoms with E-state index in [-0.39, 0.29) is 0 Å². The highest BCUT2D eigenvalue weighted by Crippen LogP contribution is 2.29. The van der Waals surface area contributed by atoms with Crippen molar-refractivity contribution in [1.82, 2.24) is 10.2 Å². The monoisotopic (exact) mass is 246 g/mol. The first-order valence-electron chi connectivity index (χ1n) is 7.25. The van der Waals surface area contributed by atoms with Crippen molar-refractivity contribution >= 4 is 0 Å². The summed E-state index contributed by atoms with van der Waals surface area (Å²) in [5.74, 6) is 0. The Hall–Kier alpha value is -0.860. The van der Waals surface area contributed by atoms with E-state index in [9.17, 15) is 0 Å². The summed E-state index contributed by atoms with van der Waals surface area (Å²) in [6.07, 6.45) is 2.52. The Morgan fingerprint density at radius 2 is 1.94 bits per heavy atom. The number of rotatable bonds is 4. The zero-order chi connectivity index (χ0) is 13.0. The van der Waals surface area contributed by atoms with E-state index in [0.717, 1.165) is 13.1 Å². The maximum absolute atomic E-state index is 3.45. The Balaban J connectivity index is 2.25. The second-order valence-electron chi connectivity index (χ2n) is 5.38. The minimum Gasteiger partial charge on any atom is -0.314 e. The molecule has 0 spiro atoms. The van der Waals surface area contributed by atoms with Crippen molar-refractivity contribution in [3.8, 4) is 0 Å². The normalized spacial score (nSPS) is 18.8.